The van der Waals surface area contributed by atoms with Gasteiger partial charge in [0, 0.05) is 43.1 Å². The number of hydrogen-bond acceptors (Lipinski definition) is 7. The van der Waals surface area contributed by atoms with Crippen LogP contribution in [0.25, 0.3) is 0 Å². The Hall–Kier alpha value is -3.28. The molecule has 0 amide bonds. The molecule has 36 heavy (non-hydrogen) atoms. The first-order chi connectivity index (χ1) is 17.2. The second-order valence-electron chi connectivity index (χ2n) is 8.90. The molecule has 2 aromatic heterocycles. The molecule has 2 bridgehead atoms. The van der Waals surface area contributed by atoms with Gasteiger partial charge in [-0.1, -0.05) is 11.6 Å². The van der Waals surface area contributed by atoms with E-state index < -0.39 is 18.5 Å². The number of nitrogens with one attached hydrogen (secondary N) is 1. The van der Waals surface area contributed by atoms with Gasteiger partial charge in [-0.25, -0.2) is 14.1 Å². The van der Waals surface area contributed by atoms with Crippen LogP contribution in [0.1, 0.15) is 12.8 Å². The van der Waals surface area contributed by atoms with Gasteiger partial charge in [0.25, 0.3) is 0 Å². The summed E-state index contributed by atoms with van der Waals surface area (Å²) >= 11 is 5.77. The summed E-state index contributed by atoms with van der Waals surface area (Å²) in [4.78, 5) is 10.6. The monoisotopic (exact) mass is 526 g/mol. The number of halogens is 5. The molecule has 1 aliphatic heterocycles. The molecule has 3 atom stereocenters. The van der Waals surface area contributed by atoms with E-state index in [0.717, 1.165) is 37.7 Å². The van der Waals surface area contributed by atoms with Crippen LogP contribution in [0.15, 0.2) is 36.5 Å². The lowest BCUT2D eigenvalue weighted by Gasteiger charge is -2.39. The van der Waals surface area contributed by atoms with E-state index in [1.54, 1.807) is 13.3 Å². The molecular formula is C23H23ClF4N6O2. The van der Waals surface area contributed by atoms with E-state index in [-0.39, 0.29) is 40.6 Å². The lowest BCUT2D eigenvalue weighted by Crippen LogP contribution is -2.48. The number of benzene rings is 1. The van der Waals surface area contributed by atoms with E-state index in [1.807, 2.05) is 12.1 Å². The summed E-state index contributed by atoms with van der Waals surface area (Å²) in [5.41, 5.74) is 1.01. The molecule has 0 radical (unpaired) electrons. The van der Waals surface area contributed by atoms with Crippen molar-refractivity contribution in [1.29, 1.82) is 0 Å². The van der Waals surface area contributed by atoms with Crippen LogP contribution in [-0.4, -0.2) is 52.2 Å². The number of pyridine rings is 1. The van der Waals surface area contributed by atoms with Crippen molar-refractivity contribution >= 4 is 23.2 Å². The molecule has 1 aromatic carbocycles. The summed E-state index contributed by atoms with van der Waals surface area (Å²) in [5.74, 6) is 0.452. The summed E-state index contributed by atoms with van der Waals surface area (Å²) in [6.45, 7) is 0.144. The first-order valence-corrected chi connectivity index (χ1v) is 11.7. The maximum Gasteiger partial charge on any atom is 0.408 e. The number of methoxy groups -OCH3 is 1. The van der Waals surface area contributed by atoms with Crippen LogP contribution in [0, 0.1) is 17.7 Å². The number of ether oxygens (including phenoxy) is 2. The molecule has 5 rings (SSSR count). The molecule has 1 saturated carbocycles. The van der Waals surface area contributed by atoms with Gasteiger partial charge in [0.05, 0.1) is 12.1 Å². The first kappa shape index (κ1) is 24.4. The molecule has 192 valence electrons. The van der Waals surface area contributed by atoms with Crippen molar-refractivity contribution in [3.8, 4) is 17.6 Å². The van der Waals surface area contributed by atoms with Crippen LogP contribution in [-0.2, 0) is 6.54 Å². The van der Waals surface area contributed by atoms with Crippen molar-refractivity contribution in [3.63, 3.8) is 0 Å². The van der Waals surface area contributed by atoms with Crippen molar-refractivity contribution in [2.24, 2.45) is 11.8 Å². The van der Waals surface area contributed by atoms with Crippen LogP contribution < -0.4 is 19.7 Å². The van der Waals surface area contributed by atoms with E-state index in [4.69, 9.17) is 21.1 Å². The van der Waals surface area contributed by atoms with Crippen molar-refractivity contribution in [2.75, 3.05) is 30.4 Å². The van der Waals surface area contributed by atoms with Gasteiger partial charge in [0.2, 0.25) is 11.8 Å². The zero-order valence-corrected chi connectivity index (χ0v) is 19.9. The Morgan fingerprint density at radius 2 is 1.89 bits per heavy atom. The average Bonchev–Trinajstić information content (AvgIpc) is 3.29. The fraction of sp³-hybridized carbons (Fsp3) is 0.435. The minimum atomic E-state index is -4.54. The van der Waals surface area contributed by atoms with Gasteiger partial charge in [-0.15, -0.1) is 5.10 Å². The number of anilines is 2. The third kappa shape index (κ3) is 5.28. The molecule has 2 fully saturated rings. The minimum absolute atomic E-state index is 0.000153. The van der Waals surface area contributed by atoms with E-state index in [1.165, 1.54) is 12.1 Å². The largest absolute Gasteiger partial charge is 0.481 e. The summed E-state index contributed by atoms with van der Waals surface area (Å²) < 4.78 is 64.4. The Morgan fingerprint density at radius 3 is 2.56 bits per heavy atom. The molecule has 13 heteroatoms. The van der Waals surface area contributed by atoms with E-state index in [9.17, 15) is 17.6 Å². The van der Waals surface area contributed by atoms with Gasteiger partial charge in [0.1, 0.15) is 18.1 Å². The standard InChI is InChI=1S/C23H23ClF4N6O2/c1-35-19-8-15(6-7-29-19)33-10-13-2-3-14(11-33)20(13)30-21-31-22(34(32-21)12-23(26,27)28)36-16-4-5-18(25)17(24)9-16/h4-9,13-14,20H,2-3,10-12H2,1H3,(H,30,32)/t13-,14+,20?. The molecule has 1 aliphatic carbocycles. The number of hydrogen-bond donors (Lipinski definition) is 1. The molecule has 1 N–H and O–H groups in total. The van der Waals surface area contributed by atoms with E-state index in [0.29, 0.717) is 10.6 Å². The molecule has 2 aliphatic rings. The Kier molecular flexibility index (Phi) is 6.54. The molecule has 0 spiro atoms. The Morgan fingerprint density at radius 1 is 1.14 bits per heavy atom. The Balaban J connectivity index is 1.34. The fourth-order valence-electron chi connectivity index (χ4n) is 4.91. The van der Waals surface area contributed by atoms with Crippen LogP contribution in [0.5, 0.6) is 17.6 Å². The van der Waals surface area contributed by atoms with Gasteiger partial charge in [0.15, 0.2) is 0 Å². The smallest absolute Gasteiger partial charge is 0.408 e. The Bertz CT molecular complexity index is 1230. The normalized spacial score (nSPS) is 21.5. The maximum absolute atomic E-state index is 13.5. The average molecular weight is 527 g/mol. The summed E-state index contributed by atoms with van der Waals surface area (Å²) in [6.07, 6.45) is -0.892. The summed E-state index contributed by atoms with van der Waals surface area (Å²) in [6, 6.07) is 6.93. The van der Waals surface area contributed by atoms with Crippen LogP contribution in [0.3, 0.4) is 0 Å². The van der Waals surface area contributed by atoms with Gasteiger partial charge >= 0.3 is 12.2 Å². The number of rotatable bonds is 7. The van der Waals surface area contributed by atoms with Gasteiger partial charge in [-0.3, -0.25) is 0 Å². The van der Waals surface area contributed by atoms with Crippen LogP contribution in [0.2, 0.25) is 5.02 Å². The zero-order chi connectivity index (χ0) is 25.4. The number of fused-ring (bicyclic) bond motifs is 2. The highest BCUT2D eigenvalue weighted by Crippen LogP contribution is 2.40. The maximum atomic E-state index is 13.5. The molecule has 1 saturated heterocycles. The first-order valence-electron chi connectivity index (χ1n) is 11.3. The third-order valence-electron chi connectivity index (χ3n) is 6.49. The second-order valence-corrected chi connectivity index (χ2v) is 9.31. The second kappa shape index (κ2) is 9.64. The predicted molar refractivity (Wildman–Crippen MR) is 124 cm³/mol. The van der Waals surface area contributed by atoms with Crippen molar-refractivity contribution < 1.29 is 27.0 Å². The number of piperidine rings is 1. The summed E-state index contributed by atoms with van der Waals surface area (Å²) in [7, 11) is 1.57. The van der Waals surface area contributed by atoms with Crippen molar-refractivity contribution in [3.05, 3.63) is 47.4 Å². The molecule has 3 heterocycles. The van der Waals surface area contributed by atoms with E-state index in [2.05, 4.69) is 25.3 Å². The highest BCUT2D eigenvalue weighted by molar-refractivity contribution is 6.30. The van der Waals surface area contributed by atoms with Gasteiger partial charge in [-0.2, -0.15) is 18.2 Å². The number of nitrogens with zero attached hydrogens (tertiary/aromatic N) is 5. The van der Waals surface area contributed by atoms with Crippen molar-refractivity contribution in [1.82, 2.24) is 19.7 Å². The topological polar surface area (TPSA) is 77.3 Å². The van der Waals surface area contributed by atoms with Gasteiger partial charge in [-0.05, 0) is 42.9 Å². The number of aromatic nitrogens is 4. The minimum Gasteiger partial charge on any atom is -0.481 e. The van der Waals surface area contributed by atoms with Gasteiger partial charge < -0.3 is 19.7 Å². The number of alkyl halides is 3. The van der Waals surface area contributed by atoms with E-state index >= 15 is 0 Å². The molecule has 1 unspecified atom stereocenters. The van der Waals surface area contributed by atoms with Crippen molar-refractivity contribution in [2.45, 2.75) is 31.6 Å². The predicted octanol–water partition coefficient (Wildman–Crippen LogP) is 5.16. The lowest BCUT2D eigenvalue weighted by atomic mass is 9.92. The Labute approximate surface area is 209 Å². The van der Waals surface area contributed by atoms with Crippen LogP contribution >= 0.6 is 11.6 Å². The molecule has 3 aromatic rings. The quantitative estimate of drug-likeness (QED) is 0.426. The highest BCUT2D eigenvalue weighted by Gasteiger charge is 2.43. The SMILES string of the molecule is COc1cc(N2C[C@H]3CC[C@@H](C2)C3Nc2nc(Oc3ccc(F)c(Cl)c3)n(CC(F)(F)F)n2)ccn1. The lowest BCUT2D eigenvalue weighted by molar-refractivity contribution is -0.143. The molecular weight excluding hydrogens is 504 g/mol. The third-order valence-corrected chi connectivity index (χ3v) is 6.78. The summed E-state index contributed by atoms with van der Waals surface area (Å²) in [5, 5.41) is 7.06. The fourth-order valence-corrected chi connectivity index (χ4v) is 5.08. The van der Waals surface area contributed by atoms with Crippen LogP contribution in [0.4, 0.5) is 29.2 Å². The highest BCUT2D eigenvalue weighted by atomic mass is 35.5. The zero-order valence-electron chi connectivity index (χ0n) is 19.2. The molecule has 8 nitrogen and oxygen atoms in total.